The number of carboxylic acids is 1. The number of anilines is 1. The van der Waals surface area contributed by atoms with E-state index in [4.69, 9.17) is 11.6 Å². The molecule has 1 saturated heterocycles. The number of hydrogen-bond acceptors (Lipinski definition) is 2. The fourth-order valence-electron chi connectivity index (χ4n) is 2.33. The quantitative estimate of drug-likeness (QED) is 0.848. The van der Waals surface area contributed by atoms with Crippen LogP contribution in [-0.4, -0.2) is 34.6 Å². The Hall–Kier alpha value is -1.27. The minimum absolute atomic E-state index is 0.0546. The zero-order chi connectivity index (χ0) is 14.9. The second-order valence-corrected chi connectivity index (χ2v) is 6.09. The van der Waals surface area contributed by atoms with E-state index in [2.05, 4.69) is 21.2 Å². The molecule has 0 saturated carbocycles. The number of carboxylic acid groups (broad SMARTS) is 1. The summed E-state index contributed by atoms with van der Waals surface area (Å²) in [4.78, 5) is 24.8. The second-order valence-electron chi connectivity index (χ2n) is 4.80. The van der Waals surface area contributed by atoms with Crippen molar-refractivity contribution in [2.24, 2.45) is 5.92 Å². The van der Waals surface area contributed by atoms with Gasteiger partial charge in [0.15, 0.2) is 0 Å². The van der Waals surface area contributed by atoms with Crippen molar-refractivity contribution in [3.63, 3.8) is 0 Å². The van der Waals surface area contributed by atoms with Crippen molar-refractivity contribution in [2.45, 2.75) is 19.4 Å². The molecular weight excluding hydrogens is 348 g/mol. The van der Waals surface area contributed by atoms with Gasteiger partial charge in [-0.05, 0) is 46.5 Å². The summed E-state index contributed by atoms with van der Waals surface area (Å²) < 4.78 is 0.689. The van der Waals surface area contributed by atoms with Crippen LogP contribution in [-0.2, 0) is 4.79 Å². The molecule has 1 aliphatic rings. The van der Waals surface area contributed by atoms with Gasteiger partial charge in [0.2, 0.25) is 0 Å². The number of carbonyl (C=O) groups excluding carboxylic acids is 1. The number of nitrogens with zero attached hydrogens (tertiary/aromatic N) is 1. The molecule has 1 aromatic rings. The SMILES string of the molecule is CC1CCN(C(=O)Nc2cc(Cl)ccc2Br)C1C(=O)O. The number of rotatable bonds is 2. The van der Waals surface area contributed by atoms with Crippen LogP contribution in [0.3, 0.4) is 0 Å². The van der Waals surface area contributed by atoms with Gasteiger partial charge in [0.25, 0.3) is 0 Å². The van der Waals surface area contributed by atoms with Crippen molar-refractivity contribution in [3.8, 4) is 0 Å². The number of halogens is 2. The summed E-state index contributed by atoms with van der Waals surface area (Å²) in [5.41, 5.74) is 0.520. The summed E-state index contributed by atoms with van der Waals surface area (Å²) in [6.45, 7) is 2.27. The lowest BCUT2D eigenvalue weighted by Gasteiger charge is -2.24. The van der Waals surface area contributed by atoms with Gasteiger partial charge in [-0.2, -0.15) is 0 Å². The lowest BCUT2D eigenvalue weighted by atomic mass is 10.0. The maximum absolute atomic E-state index is 12.2. The van der Waals surface area contributed by atoms with Gasteiger partial charge < -0.3 is 15.3 Å². The summed E-state index contributed by atoms with van der Waals surface area (Å²) in [6.07, 6.45) is 0.682. The van der Waals surface area contributed by atoms with Crippen LogP contribution in [0.15, 0.2) is 22.7 Å². The predicted octanol–water partition coefficient (Wildman–Crippen LogP) is 3.43. The highest BCUT2D eigenvalue weighted by molar-refractivity contribution is 9.10. The van der Waals surface area contributed by atoms with E-state index in [0.717, 1.165) is 0 Å². The molecule has 2 atom stereocenters. The lowest BCUT2D eigenvalue weighted by molar-refractivity contribution is -0.142. The van der Waals surface area contributed by atoms with Crippen LogP contribution < -0.4 is 5.32 Å². The summed E-state index contributed by atoms with van der Waals surface area (Å²) in [5.74, 6) is -1.03. The summed E-state index contributed by atoms with van der Waals surface area (Å²) in [5, 5.41) is 12.4. The first-order valence-electron chi connectivity index (χ1n) is 6.15. The van der Waals surface area contributed by atoms with E-state index < -0.39 is 18.0 Å². The van der Waals surface area contributed by atoms with Crippen LogP contribution in [0.5, 0.6) is 0 Å². The molecule has 0 aromatic heterocycles. The van der Waals surface area contributed by atoms with Crippen molar-refractivity contribution >= 4 is 45.2 Å². The molecule has 2 rings (SSSR count). The highest BCUT2D eigenvalue weighted by Crippen LogP contribution is 2.28. The average molecular weight is 362 g/mol. The number of likely N-dealkylation sites (tertiary alicyclic amines) is 1. The first kappa shape index (κ1) is 15.1. The molecule has 2 amide bonds. The van der Waals surface area contributed by atoms with E-state index in [-0.39, 0.29) is 5.92 Å². The summed E-state index contributed by atoms with van der Waals surface area (Å²) in [7, 11) is 0. The number of amides is 2. The number of benzene rings is 1. The molecule has 108 valence electrons. The van der Waals surface area contributed by atoms with Crippen LogP contribution in [0.25, 0.3) is 0 Å². The minimum Gasteiger partial charge on any atom is -0.480 e. The Morgan fingerprint density at radius 3 is 2.85 bits per heavy atom. The molecule has 0 radical (unpaired) electrons. The fraction of sp³-hybridized carbons (Fsp3) is 0.385. The van der Waals surface area contributed by atoms with Gasteiger partial charge in [-0.3, -0.25) is 0 Å². The highest BCUT2D eigenvalue weighted by Gasteiger charge is 2.39. The Bertz CT molecular complexity index is 552. The number of carbonyl (C=O) groups is 2. The molecule has 2 N–H and O–H groups in total. The number of nitrogens with one attached hydrogen (secondary N) is 1. The third kappa shape index (κ3) is 3.07. The Morgan fingerprint density at radius 1 is 1.50 bits per heavy atom. The monoisotopic (exact) mass is 360 g/mol. The molecule has 0 bridgehead atoms. The predicted molar refractivity (Wildman–Crippen MR) is 80.1 cm³/mol. The van der Waals surface area contributed by atoms with E-state index in [1.165, 1.54) is 4.90 Å². The van der Waals surface area contributed by atoms with Crippen molar-refractivity contribution in [1.82, 2.24) is 4.90 Å². The summed E-state index contributed by atoms with van der Waals surface area (Å²) >= 11 is 9.20. The smallest absolute Gasteiger partial charge is 0.326 e. The van der Waals surface area contributed by atoms with E-state index in [0.29, 0.717) is 28.1 Å². The standard InChI is InChI=1S/C13H14BrClN2O3/c1-7-4-5-17(11(7)12(18)19)13(20)16-10-6-8(15)2-3-9(10)14/h2-3,6-7,11H,4-5H2,1H3,(H,16,20)(H,18,19). The van der Waals surface area contributed by atoms with Gasteiger partial charge in [-0.1, -0.05) is 18.5 Å². The first-order chi connectivity index (χ1) is 9.40. The molecule has 0 spiro atoms. The zero-order valence-electron chi connectivity index (χ0n) is 10.8. The Labute approximate surface area is 130 Å². The molecule has 0 aliphatic carbocycles. The van der Waals surface area contributed by atoms with Gasteiger partial charge >= 0.3 is 12.0 Å². The van der Waals surface area contributed by atoms with Crippen LogP contribution in [0.2, 0.25) is 5.02 Å². The molecule has 20 heavy (non-hydrogen) atoms. The van der Waals surface area contributed by atoms with Gasteiger partial charge in [0.1, 0.15) is 6.04 Å². The van der Waals surface area contributed by atoms with Crippen LogP contribution in [0.1, 0.15) is 13.3 Å². The normalized spacial score (nSPS) is 21.9. The third-order valence-corrected chi connectivity index (χ3v) is 4.31. The van der Waals surface area contributed by atoms with Gasteiger partial charge in [0.05, 0.1) is 5.69 Å². The summed E-state index contributed by atoms with van der Waals surface area (Å²) in [6, 6.07) is 3.81. The van der Waals surface area contributed by atoms with Crippen LogP contribution in [0, 0.1) is 5.92 Å². The average Bonchev–Trinajstić information content (AvgIpc) is 2.76. The van der Waals surface area contributed by atoms with Gasteiger partial charge in [0, 0.05) is 16.0 Å². The largest absolute Gasteiger partial charge is 0.480 e. The molecule has 1 aromatic carbocycles. The Morgan fingerprint density at radius 2 is 2.20 bits per heavy atom. The van der Waals surface area contributed by atoms with Crippen molar-refractivity contribution < 1.29 is 14.7 Å². The van der Waals surface area contributed by atoms with Gasteiger partial charge in [-0.25, -0.2) is 9.59 Å². The lowest BCUT2D eigenvalue weighted by Crippen LogP contribution is -2.44. The Kier molecular flexibility index (Phi) is 4.55. The molecule has 2 unspecified atom stereocenters. The molecular formula is C13H14BrClN2O3. The highest BCUT2D eigenvalue weighted by atomic mass is 79.9. The first-order valence-corrected chi connectivity index (χ1v) is 7.32. The molecule has 1 aliphatic heterocycles. The maximum Gasteiger partial charge on any atom is 0.326 e. The molecule has 1 heterocycles. The van der Waals surface area contributed by atoms with E-state index in [1.807, 2.05) is 6.92 Å². The maximum atomic E-state index is 12.2. The van der Waals surface area contributed by atoms with E-state index in [9.17, 15) is 14.7 Å². The second kappa shape index (κ2) is 6.01. The fourth-order valence-corrected chi connectivity index (χ4v) is 2.85. The van der Waals surface area contributed by atoms with Gasteiger partial charge in [-0.15, -0.1) is 0 Å². The molecule has 1 fully saturated rings. The number of urea groups is 1. The Balaban J connectivity index is 2.16. The molecule has 5 nitrogen and oxygen atoms in total. The van der Waals surface area contributed by atoms with Crippen LogP contribution in [0.4, 0.5) is 10.5 Å². The number of aliphatic carboxylic acids is 1. The van der Waals surface area contributed by atoms with E-state index in [1.54, 1.807) is 18.2 Å². The third-order valence-electron chi connectivity index (χ3n) is 3.38. The number of hydrogen-bond donors (Lipinski definition) is 2. The topological polar surface area (TPSA) is 69.6 Å². The van der Waals surface area contributed by atoms with Crippen molar-refractivity contribution in [3.05, 3.63) is 27.7 Å². The zero-order valence-corrected chi connectivity index (χ0v) is 13.1. The van der Waals surface area contributed by atoms with Crippen molar-refractivity contribution in [2.75, 3.05) is 11.9 Å². The minimum atomic E-state index is -0.977. The van der Waals surface area contributed by atoms with E-state index >= 15 is 0 Å². The van der Waals surface area contributed by atoms with Crippen LogP contribution >= 0.6 is 27.5 Å². The van der Waals surface area contributed by atoms with Crippen molar-refractivity contribution in [1.29, 1.82) is 0 Å². The molecule has 7 heteroatoms.